The summed E-state index contributed by atoms with van der Waals surface area (Å²) in [5.74, 6) is 0.537. The number of nitrogens with two attached hydrogens (primary N) is 1. The number of fused-ring (bicyclic) bond motifs is 1. The predicted molar refractivity (Wildman–Crippen MR) is 66.2 cm³/mol. The maximum atomic E-state index is 6.64. The van der Waals surface area contributed by atoms with Crippen LogP contribution >= 0.6 is 0 Å². The third-order valence-corrected chi connectivity index (χ3v) is 4.64. The second-order valence-corrected chi connectivity index (χ2v) is 5.93. The SMILES string of the molecule is C=CCN(C)CC1(N)C2CCOC2C1(C)C. The molecule has 1 aliphatic carbocycles. The summed E-state index contributed by atoms with van der Waals surface area (Å²) in [5, 5.41) is 0. The molecule has 3 unspecified atom stereocenters. The van der Waals surface area contributed by atoms with E-state index in [9.17, 15) is 0 Å². The van der Waals surface area contributed by atoms with Crippen LogP contribution in [0.15, 0.2) is 12.7 Å². The van der Waals surface area contributed by atoms with Gasteiger partial charge in [0, 0.05) is 36.6 Å². The van der Waals surface area contributed by atoms with Crippen molar-refractivity contribution in [2.24, 2.45) is 17.1 Å². The highest BCUT2D eigenvalue weighted by Crippen LogP contribution is 2.58. The minimum Gasteiger partial charge on any atom is -0.377 e. The molecule has 2 fully saturated rings. The largest absolute Gasteiger partial charge is 0.377 e. The molecule has 0 spiro atoms. The lowest BCUT2D eigenvalue weighted by atomic mass is 9.48. The molecule has 0 aromatic heterocycles. The smallest absolute Gasteiger partial charge is 0.0691 e. The summed E-state index contributed by atoms with van der Waals surface area (Å²) >= 11 is 0. The summed E-state index contributed by atoms with van der Waals surface area (Å²) in [6.45, 7) is 10.9. The fourth-order valence-corrected chi connectivity index (χ4v) is 3.53. The molecule has 2 aliphatic rings. The van der Waals surface area contributed by atoms with Crippen LogP contribution in [0.2, 0.25) is 0 Å². The van der Waals surface area contributed by atoms with Crippen molar-refractivity contribution in [3.8, 4) is 0 Å². The van der Waals surface area contributed by atoms with Gasteiger partial charge in [0.2, 0.25) is 0 Å². The Labute approximate surface area is 98.6 Å². The Bertz CT molecular complexity index is 290. The van der Waals surface area contributed by atoms with Crippen molar-refractivity contribution >= 4 is 0 Å². The standard InChI is InChI=1S/C13H24N2O/c1-5-7-15(4)9-13(14)10-6-8-16-11(10)12(13,2)3/h5,10-11H,1,6-9,14H2,2-4H3. The van der Waals surface area contributed by atoms with Gasteiger partial charge in [0.25, 0.3) is 0 Å². The average molecular weight is 224 g/mol. The maximum absolute atomic E-state index is 6.64. The summed E-state index contributed by atoms with van der Waals surface area (Å²) < 4.78 is 5.79. The van der Waals surface area contributed by atoms with Crippen LogP contribution < -0.4 is 5.73 Å². The van der Waals surface area contributed by atoms with Crippen molar-refractivity contribution in [1.82, 2.24) is 4.90 Å². The Morgan fingerprint density at radius 2 is 2.25 bits per heavy atom. The second kappa shape index (κ2) is 3.83. The zero-order chi connectivity index (χ0) is 12.0. The molecule has 1 aliphatic heterocycles. The molecule has 0 amide bonds. The maximum Gasteiger partial charge on any atom is 0.0691 e. The molecule has 3 atom stereocenters. The second-order valence-electron chi connectivity index (χ2n) is 5.93. The number of ether oxygens (including phenoxy) is 1. The summed E-state index contributed by atoms with van der Waals surface area (Å²) in [6.07, 6.45) is 3.42. The molecule has 92 valence electrons. The Morgan fingerprint density at radius 1 is 1.56 bits per heavy atom. The lowest BCUT2D eigenvalue weighted by Crippen LogP contribution is -2.77. The first-order valence-electron chi connectivity index (χ1n) is 6.13. The molecular formula is C13H24N2O. The van der Waals surface area contributed by atoms with Gasteiger partial charge in [0.15, 0.2) is 0 Å². The summed E-state index contributed by atoms with van der Waals surface area (Å²) in [6, 6.07) is 0. The summed E-state index contributed by atoms with van der Waals surface area (Å²) in [7, 11) is 2.11. The van der Waals surface area contributed by atoms with Crippen LogP contribution in [0, 0.1) is 11.3 Å². The van der Waals surface area contributed by atoms with E-state index in [4.69, 9.17) is 10.5 Å². The number of likely N-dealkylation sites (N-methyl/N-ethyl adjacent to an activating group) is 1. The van der Waals surface area contributed by atoms with E-state index in [-0.39, 0.29) is 11.0 Å². The zero-order valence-electron chi connectivity index (χ0n) is 10.7. The van der Waals surface area contributed by atoms with Crippen molar-refractivity contribution in [2.75, 3.05) is 26.7 Å². The van der Waals surface area contributed by atoms with Crippen LogP contribution in [-0.2, 0) is 4.74 Å². The highest BCUT2D eigenvalue weighted by molar-refractivity contribution is 5.21. The fraction of sp³-hybridized carbons (Fsp3) is 0.846. The molecule has 1 saturated heterocycles. The molecule has 0 radical (unpaired) electrons. The number of hydrogen-bond acceptors (Lipinski definition) is 3. The van der Waals surface area contributed by atoms with Gasteiger partial charge in [-0.25, -0.2) is 0 Å². The number of nitrogens with zero attached hydrogens (tertiary/aromatic N) is 1. The highest BCUT2D eigenvalue weighted by Gasteiger charge is 2.67. The van der Waals surface area contributed by atoms with Crippen molar-refractivity contribution < 1.29 is 4.74 Å². The average Bonchev–Trinajstić information content (AvgIpc) is 2.64. The van der Waals surface area contributed by atoms with Crippen LogP contribution in [0.3, 0.4) is 0 Å². The van der Waals surface area contributed by atoms with Gasteiger partial charge in [-0.2, -0.15) is 0 Å². The predicted octanol–water partition coefficient (Wildman–Crippen LogP) is 1.25. The van der Waals surface area contributed by atoms with E-state index >= 15 is 0 Å². The van der Waals surface area contributed by atoms with E-state index in [1.54, 1.807) is 0 Å². The van der Waals surface area contributed by atoms with Gasteiger partial charge in [-0.05, 0) is 13.5 Å². The van der Waals surface area contributed by atoms with Gasteiger partial charge in [0.1, 0.15) is 0 Å². The number of rotatable bonds is 4. The molecule has 3 nitrogen and oxygen atoms in total. The molecule has 2 N–H and O–H groups in total. The van der Waals surface area contributed by atoms with Crippen LogP contribution in [0.4, 0.5) is 0 Å². The van der Waals surface area contributed by atoms with Crippen LogP contribution in [0.1, 0.15) is 20.3 Å². The third kappa shape index (κ3) is 1.45. The van der Waals surface area contributed by atoms with Gasteiger partial charge < -0.3 is 15.4 Å². The molecule has 0 aromatic carbocycles. The van der Waals surface area contributed by atoms with Crippen LogP contribution in [-0.4, -0.2) is 43.3 Å². The van der Waals surface area contributed by atoms with Crippen molar-refractivity contribution in [1.29, 1.82) is 0 Å². The Kier molecular flexibility index (Phi) is 2.89. The summed E-state index contributed by atoms with van der Waals surface area (Å²) in [5.41, 5.74) is 6.62. The summed E-state index contributed by atoms with van der Waals surface area (Å²) in [4.78, 5) is 2.25. The molecular weight excluding hydrogens is 200 g/mol. The molecule has 3 heteroatoms. The van der Waals surface area contributed by atoms with Crippen molar-refractivity contribution in [3.05, 3.63) is 12.7 Å². The van der Waals surface area contributed by atoms with Crippen molar-refractivity contribution in [3.63, 3.8) is 0 Å². The van der Waals surface area contributed by atoms with Gasteiger partial charge in [-0.3, -0.25) is 0 Å². The van der Waals surface area contributed by atoms with Gasteiger partial charge in [0.05, 0.1) is 6.10 Å². The molecule has 1 saturated carbocycles. The zero-order valence-corrected chi connectivity index (χ0v) is 10.7. The topological polar surface area (TPSA) is 38.5 Å². The van der Waals surface area contributed by atoms with E-state index in [1.807, 2.05) is 6.08 Å². The first-order chi connectivity index (χ1) is 7.43. The van der Waals surface area contributed by atoms with Crippen molar-refractivity contribution in [2.45, 2.75) is 31.9 Å². The first-order valence-corrected chi connectivity index (χ1v) is 6.13. The fourth-order valence-electron chi connectivity index (χ4n) is 3.53. The van der Waals surface area contributed by atoms with E-state index < -0.39 is 0 Å². The lowest BCUT2D eigenvalue weighted by Gasteiger charge is -2.63. The number of hydrogen-bond donors (Lipinski definition) is 1. The molecule has 2 rings (SSSR count). The van der Waals surface area contributed by atoms with E-state index in [0.717, 1.165) is 26.1 Å². The van der Waals surface area contributed by atoms with Gasteiger partial charge >= 0.3 is 0 Å². The van der Waals surface area contributed by atoms with E-state index in [0.29, 0.717) is 12.0 Å². The van der Waals surface area contributed by atoms with Gasteiger partial charge in [-0.1, -0.05) is 19.9 Å². The van der Waals surface area contributed by atoms with Gasteiger partial charge in [-0.15, -0.1) is 6.58 Å². The third-order valence-electron chi connectivity index (χ3n) is 4.64. The minimum absolute atomic E-state index is 0.0869. The molecule has 1 heterocycles. The molecule has 16 heavy (non-hydrogen) atoms. The lowest BCUT2D eigenvalue weighted by molar-refractivity contribution is -0.161. The quantitative estimate of drug-likeness (QED) is 0.730. The Morgan fingerprint density at radius 3 is 2.88 bits per heavy atom. The molecule has 0 bridgehead atoms. The van der Waals surface area contributed by atoms with Crippen LogP contribution in [0.5, 0.6) is 0 Å². The Balaban J connectivity index is 2.09. The normalized spacial score (nSPS) is 40.6. The van der Waals surface area contributed by atoms with E-state index in [1.165, 1.54) is 0 Å². The van der Waals surface area contributed by atoms with Crippen LogP contribution in [0.25, 0.3) is 0 Å². The Hall–Kier alpha value is -0.380. The minimum atomic E-state index is -0.105. The molecule has 0 aromatic rings. The first kappa shape index (κ1) is 12.1. The highest BCUT2D eigenvalue weighted by atomic mass is 16.5. The van der Waals surface area contributed by atoms with E-state index in [2.05, 4.69) is 32.4 Å². The monoisotopic (exact) mass is 224 g/mol.